The molecule has 0 aliphatic carbocycles. The summed E-state index contributed by atoms with van der Waals surface area (Å²) in [5.74, 6) is -1.08. The third kappa shape index (κ3) is 4.78. The fraction of sp³-hybridized carbons (Fsp3) is 0.471. The summed E-state index contributed by atoms with van der Waals surface area (Å²) in [5, 5.41) is 0. The summed E-state index contributed by atoms with van der Waals surface area (Å²) in [6, 6.07) is 5.44. The van der Waals surface area contributed by atoms with E-state index >= 15 is 0 Å². The van der Waals surface area contributed by atoms with Crippen LogP contribution >= 0.6 is 0 Å². The fourth-order valence-electron chi connectivity index (χ4n) is 2.61. The molecule has 0 N–H and O–H groups in total. The average molecular weight is 336 g/mol. The van der Waals surface area contributed by atoms with Gasteiger partial charge in [0.1, 0.15) is 5.82 Å². The Bertz CT molecular complexity index is 603. The summed E-state index contributed by atoms with van der Waals surface area (Å²) < 4.78 is 17.5. The Balaban J connectivity index is 1.90. The first-order valence-corrected chi connectivity index (χ1v) is 7.90. The Morgan fingerprint density at radius 3 is 2.29 bits per heavy atom. The molecule has 0 bridgehead atoms. The lowest BCUT2D eigenvalue weighted by Gasteiger charge is -2.22. The van der Waals surface area contributed by atoms with Crippen LogP contribution < -0.4 is 0 Å². The van der Waals surface area contributed by atoms with E-state index in [1.165, 1.54) is 31.4 Å². The van der Waals surface area contributed by atoms with Crippen LogP contribution in [0, 0.1) is 5.82 Å². The van der Waals surface area contributed by atoms with Crippen molar-refractivity contribution < 1.29 is 23.5 Å². The van der Waals surface area contributed by atoms with Crippen LogP contribution in [0.4, 0.5) is 4.39 Å². The highest BCUT2D eigenvalue weighted by Crippen LogP contribution is 2.11. The molecule has 1 aliphatic rings. The van der Waals surface area contributed by atoms with Gasteiger partial charge < -0.3 is 14.5 Å². The highest BCUT2D eigenvalue weighted by Gasteiger charge is 2.23. The van der Waals surface area contributed by atoms with E-state index in [1.54, 1.807) is 9.80 Å². The van der Waals surface area contributed by atoms with Gasteiger partial charge in [0.25, 0.3) is 5.91 Å². The van der Waals surface area contributed by atoms with Crippen LogP contribution in [0.15, 0.2) is 24.3 Å². The Labute approximate surface area is 140 Å². The SMILES string of the molecule is COC(=O)CCC(=O)N1CCCN(C(=O)c2ccc(F)cc2)CC1. The fourth-order valence-corrected chi connectivity index (χ4v) is 2.61. The maximum atomic E-state index is 13.0. The molecule has 0 spiro atoms. The highest BCUT2D eigenvalue weighted by atomic mass is 19.1. The van der Waals surface area contributed by atoms with Crippen molar-refractivity contribution >= 4 is 17.8 Å². The summed E-state index contributed by atoms with van der Waals surface area (Å²) in [6.45, 7) is 1.93. The molecule has 0 aromatic heterocycles. The number of amides is 2. The molecule has 1 fully saturated rings. The molecule has 1 heterocycles. The van der Waals surface area contributed by atoms with Crippen LogP contribution in [0.5, 0.6) is 0 Å². The molecule has 0 radical (unpaired) electrons. The minimum absolute atomic E-state index is 0.0596. The van der Waals surface area contributed by atoms with E-state index in [4.69, 9.17) is 0 Å². The number of hydrogen-bond acceptors (Lipinski definition) is 4. The van der Waals surface area contributed by atoms with Crippen LogP contribution in [-0.4, -0.2) is 60.9 Å². The zero-order valence-electron chi connectivity index (χ0n) is 13.7. The Morgan fingerprint density at radius 2 is 1.62 bits per heavy atom. The van der Waals surface area contributed by atoms with Gasteiger partial charge in [-0.25, -0.2) is 4.39 Å². The van der Waals surface area contributed by atoms with Crippen molar-refractivity contribution in [3.05, 3.63) is 35.6 Å². The van der Waals surface area contributed by atoms with Crippen molar-refractivity contribution in [1.82, 2.24) is 9.80 Å². The summed E-state index contributed by atoms with van der Waals surface area (Å²) >= 11 is 0. The first-order chi connectivity index (χ1) is 11.5. The van der Waals surface area contributed by atoms with Gasteiger partial charge in [-0.3, -0.25) is 14.4 Å². The van der Waals surface area contributed by atoms with E-state index in [1.807, 2.05) is 0 Å². The van der Waals surface area contributed by atoms with E-state index in [2.05, 4.69) is 4.74 Å². The zero-order valence-corrected chi connectivity index (χ0v) is 13.7. The van der Waals surface area contributed by atoms with Gasteiger partial charge in [-0.15, -0.1) is 0 Å². The summed E-state index contributed by atoms with van der Waals surface area (Å²) in [5.41, 5.74) is 0.432. The molecule has 2 rings (SSSR count). The monoisotopic (exact) mass is 336 g/mol. The van der Waals surface area contributed by atoms with Gasteiger partial charge in [-0.1, -0.05) is 0 Å². The summed E-state index contributed by atoms with van der Waals surface area (Å²) in [6.07, 6.45) is 0.833. The molecule has 1 aliphatic heterocycles. The van der Waals surface area contributed by atoms with Crippen LogP contribution in [0.3, 0.4) is 0 Å². The number of hydrogen-bond donors (Lipinski definition) is 0. The molecular weight excluding hydrogens is 315 g/mol. The van der Waals surface area contributed by atoms with Crippen molar-refractivity contribution in [3.63, 3.8) is 0 Å². The molecule has 1 saturated heterocycles. The topological polar surface area (TPSA) is 66.9 Å². The number of esters is 1. The quantitative estimate of drug-likeness (QED) is 0.781. The molecule has 0 atom stereocenters. The van der Waals surface area contributed by atoms with Crippen molar-refractivity contribution in [2.75, 3.05) is 33.3 Å². The molecular formula is C17H21FN2O4. The Hall–Kier alpha value is -2.44. The largest absolute Gasteiger partial charge is 0.469 e. The van der Waals surface area contributed by atoms with Crippen molar-refractivity contribution in [1.29, 1.82) is 0 Å². The third-order valence-corrected chi connectivity index (χ3v) is 4.00. The van der Waals surface area contributed by atoms with E-state index in [0.29, 0.717) is 38.2 Å². The second-order valence-corrected chi connectivity index (χ2v) is 5.61. The number of rotatable bonds is 4. The van der Waals surface area contributed by atoms with Crippen LogP contribution in [-0.2, 0) is 14.3 Å². The van der Waals surface area contributed by atoms with E-state index < -0.39 is 5.97 Å². The third-order valence-electron chi connectivity index (χ3n) is 4.00. The number of halogens is 1. The van der Waals surface area contributed by atoms with Gasteiger partial charge in [-0.2, -0.15) is 0 Å². The molecule has 1 aromatic carbocycles. The van der Waals surface area contributed by atoms with Gasteiger partial charge in [0, 0.05) is 38.2 Å². The van der Waals surface area contributed by atoms with Gasteiger partial charge in [0.2, 0.25) is 5.91 Å². The number of methoxy groups -OCH3 is 1. The maximum Gasteiger partial charge on any atom is 0.306 e. The molecule has 6 nitrogen and oxygen atoms in total. The number of carbonyl (C=O) groups is 3. The van der Waals surface area contributed by atoms with Gasteiger partial charge in [-0.05, 0) is 30.7 Å². The smallest absolute Gasteiger partial charge is 0.306 e. The molecule has 2 amide bonds. The standard InChI is InChI=1S/C17H21FN2O4/c1-24-16(22)8-7-15(21)19-9-2-10-20(12-11-19)17(23)13-3-5-14(18)6-4-13/h3-6H,2,7-12H2,1H3. The normalized spacial score (nSPS) is 14.9. The second-order valence-electron chi connectivity index (χ2n) is 5.61. The first kappa shape index (κ1) is 17.9. The van der Waals surface area contributed by atoms with Crippen molar-refractivity contribution in [3.8, 4) is 0 Å². The van der Waals surface area contributed by atoms with Gasteiger partial charge in [0.15, 0.2) is 0 Å². The molecule has 7 heteroatoms. The molecule has 24 heavy (non-hydrogen) atoms. The molecule has 0 saturated carbocycles. The van der Waals surface area contributed by atoms with Crippen molar-refractivity contribution in [2.45, 2.75) is 19.3 Å². The minimum Gasteiger partial charge on any atom is -0.469 e. The van der Waals surface area contributed by atoms with Crippen LogP contribution in [0.1, 0.15) is 29.6 Å². The molecule has 130 valence electrons. The Morgan fingerprint density at radius 1 is 1.00 bits per heavy atom. The van der Waals surface area contributed by atoms with Crippen molar-refractivity contribution in [2.24, 2.45) is 0 Å². The lowest BCUT2D eigenvalue weighted by molar-refractivity contribution is -0.143. The first-order valence-electron chi connectivity index (χ1n) is 7.90. The second kappa shape index (κ2) is 8.42. The summed E-state index contributed by atoms with van der Waals surface area (Å²) in [4.78, 5) is 39.0. The number of benzene rings is 1. The van der Waals surface area contributed by atoms with Gasteiger partial charge in [0.05, 0.1) is 13.5 Å². The molecule has 0 unspecified atom stereocenters. The van der Waals surface area contributed by atoms with E-state index in [0.717, 1.165) is 0 Å². The maximum absolute atomic E-state index is 13.0. The number of nitrogens with zero attached hydrogens (tertiary/aromatic N) is 2. The lowest BCUT2D eigenvalue weighted by Crippen LogP contribution is -2.37. The number of carbonyl (C=O) groups excluding carboxylic acids is 3. The zero-order chi connectivity index (χ0) is 17.5. The average Bonchev–Trinajstić information content (AvgIpc) is 2.85. The van der Waals surface area contributed by atoms with Crippen LogP contribution in [0.2, 0.25) is 0 Å². The van der Waals surface area contributed by atoms with E-state index in [9.17, 15) is 18.8 Å². The minimum atomic E-state index is -0.411. The van der Waals surface area contributed by atoms with Gasteiger partial charge >= 0.3 is 5.97 Å². The predicted molar refractivity (Wildman–Crippen MR) is 84.8 cm³/mol. The highest BCUT2D eigenvalue weighted by molar-refractivity contribution is 5.94. The molecule has 1 aromatic rings. The van der Waals surface area contributed by atoms with Crippen LogP contribution in [0.25, 0.3) is 0 Å². The van der Waals surface area contributed by atoms with E-state index in [-0.39, 0.29) is 30.5 Å². The number of ether oxygens (including phenoxy) is 1. The Kier molecular flexibility index (Phi) is 6.28. The summed E-state index contributed by atoms with van der Waals surface area (Å²) in [7, 11) is 1.29. The lowest BCUT2D eigenvalue weighted by atomic mass is 10.2. The predicted octanol–water partition coefficient (Wildman–Crippen LogP) is 1.45.